The van der Waals surface area contributed by atoms with E-state index in [4.69, 9.17) is 9.47 Å². The van der Waals surface area contributed by atoms with Gasteiger partial charge in [-0.25, -0.2) is 0 Å². The summed E-state index contributed by atoms with van der Waals surface area (Å²) >= 11 is 0. The molecule has 0 bridgehead atoms. The summed E-state index contributed by atoms with van der Waals surface area (Å²) in [6.45, 7) is 7.96. The monoisotopic (exact) mass is 490 g/mol. The number of fused-ring (bicyclic) bond motifs is 5. The maximum Gasteiger partial charge on any atom is 0.120 e. The molecule has 0 heterocycles. The first-order valence-electron chi connectivity index (χ1n) is 13.9. The molecule has 0 N–H and O–H groups in total. The van der Waals surface area contributed by atoms with Crippen LogP contribution in [0, 0.1) is 17.3 Å². The van der Waals surface area contributed by atoms with Crippen LogP contribution in [0.2, 0.25) is 0 Å². The molecule has 6 rings (SSSR count). The van der Waals surface area contributed by atoms with Gasteiger partial charge in [-0.15, -0.1) is 6.58 Å². The second-order valence-electron chi connectivity index (χ2n) is 11.4. The Kier molecular flexibility index (Phi) is 6.78. The third-order valence-corrected chi connectivity index (χ3v) is 9.18. The van der Waals surface area contributed by atoms with Crippen molar-refractivity contribution in [2.75, 3.05) is 0 Å². The van der Waals surface area contributed by atoms with Crippen LogP contribution in [-0.2, 0) is 24.4 Å². The Morgan fingerprint density at radius 2 is 1.62 bits per heavy atom. The summed E-state index contributed by atoms with van der Waals surface area (Å²) in [7, 11) is 0. The fraction of sp³-hybridized carbons (Fsp3) is 0.371. The summed E-state index contributed by atoms with van der Waals surface area (Å²) in [5, 5.41) is 0. The first-order chi connectivity index (χ1) is 18.2. The summed E-state index contributed by atoms with van der Waals surface area (Å²) in [6, 6.07) is 27.8. The molecule has 0 spiro atoms. The van der Waals surface area contributed by atoms with Crippen molar-refractivity contribution in [2.45, 2.75) is 64.8 Å². The summed E-state index contributed by atoms with van der Waals surface area (Å²) in [5.41, 5.74) is 8.75. The minimum Gasteiger partial charge on any atom is -0.489 e. The van der Waals surface area contributed by atoms with Crippen molar-refractivity contribution in [2.24, 2.45) is 17.3 Å². The summed E-state index contributed by atoms with van der Waals surface area (Å²) in [6.07, 6.45) is 9.26. The highest BCUT2D eigenvalue weighted by molar-refractivity contribution is 5.76. The number of hydrogen-bond donors (Lipinski definition) is 0. The van der Waals surface area contributed by atoms with Gasteiger partial charge in [0.1, 0.15) is 12.4 Å². The van der Waals surface area contributed by atoms with Gasteiger partial charge < -0.3 is 9.47 Å². The summed E-state index contributed by atoms with van der Waals surface area (Å²) in [5.74, 6) is 2.27. The smallest absolute Gasteiger partial charge is 0.120 e. The standard InChI is InChI=1S/C35H38O2/c1-3-10-28-22-35(2)32(19-20-33(35)37-24-26-13-8-5-9-14-26)31-17-15-27-21-29(16-18-30(27)34(28)31)36-23-25-11-6-4-7-12-25/h3-9,11-14,16,18,21,31-33H,1,10,15,17,19-20,22-24H2,2H3/t31-,32-,33?,35-/m0/s1. The van der Waals surface area contributed by atoms with Crippen molar-refractivity contribution in [3.8, 4) is 5.75 Å². The quantitative estimate of drug-likeness (QED) is 0.294. The second kappa shape index (κ2) is 10.3. The Hall–Kier alpha value is -3.10. The molecule has 4 atom stereocenters. The van der Waals surface area contributed by atoms with E-state index in [9.17, 15) is 0 Å². The van der Waals surface area contributed by atoms with Gasteiger partial charge in [0.05, 0.1) is 12.7 Å². The number of aryl methyl sites for hydroxylation is 1. The molecule has 1 saturated carbocycles. The molecule has 0 radical (unpaired) electrons. The van der Waals surface area contributed by atoms with Crippen molar-refractivity contribution >= 4 is 5.57 Å². The van der Waals surface area contributed by atoms with Crippen molar-refractivity contribution in [3.05, 3.63) is 119 Å². The summed E-state index contributed by atoms with van der Waals surface area (Å²) in [4.78, 5) is 0. The molecule has 0 aromatic heterocycles. The van der Waals surface area contributed by atoms with E-state index < -0.39 is 0 Å². The van der Waals surface area contributed by atoms with Crippen LogP contribution in [0.5, 0.6) is 5.75 Å². The molecule has 3 aliphatic rings. The van der Waals surface area contributed by atoms with E-state index in [2.05, 4.69) is 92.4 Å². The van der Waals surface area contributed by atoms with Gasteiger partial charge in [0.2, 0.25) is 0 Å². The van der Waals surface area contributed by atoms with E-state index >= 15 is 0 Å². The average Bonchev–Trinajstić information content (AvgIpc) is 3.27. The second-order valence-corrected chi connectivity index (χ2v) is 11.4. The molecule has 0 amide bonds. The zero-order valence-corrected chi connectivity index (χ0v) is 22.0. The normalized spacial score (nSPS) is 26.2. The van der Waals surface area contributed by atoms with E-state index in [0.717, 1.165) is 31.4 Å². The van der Waals surface area contributed by atoms with Gasteiger partial charge in [-0.1, -0.05) is 85.3 Å². The Morgan fingerprint density at radius 1 is 0.892 bits per heavy atom. The molecule has 0 aliphatic heterocycles. The van der Waals surface area contributed by atoms with Gasteiger partial charge in [0, 0.05) is 5.41 Å². The molecule has 3 aliphatic carbocycles. The third-order valence-electron chi connectivity index (χ3n) is 9.18. The van der Waals surface area contributed by atoms with Gasteiger partial charge >= 0.3 is 0 Å². The van der Waals surface area contributed by atoms with Crippen molar-refractivity contribution < 1.29 is 9.47 Å². The number of benzene rings is 3. The fourth-order valence-corrected chi connectivity index (χ4v) is 7.47. The first kappa shape index (κ1) is 24.2. The van der Waals surface area contributed by atoms with Crippen LogP contribution in [0.15, 0.2) is 97.1 Å². The Balaban J connectivity index is 1.26. The molecule has 1 fully saturated rings. The lowest BCUT2D eigenvalue weighted by Crippen LogP contribution is -2.42. The van der Waals surface area contributed by atoms with Crippen LogP contribution in [0.3, 0.4) is 0 Å². The fourth-order valence-electron chi connectivity index (χ4n) is 7.47. The third kappa shape index (κ3) is 4.68. The average molecular weight is 491 g/mol. The zero-order chi connectivity index (χ0) is 25.2. The molecule has 0 saturated heterocycles. The molecule has 190 valence electrons. The van der Waals surface area contributed by atoms with E-state index in [0.29, 0.717) is 31.2 Å². The lowest BCUT2D eigenvalue weighted by Gasteiger charge is -2.48. The number of allylic oxidation sites excluding steroid dienone is 3. The Bertz CT molecular complexity index is 1280. The molecule has 37 heavy (non-hydrogen) atoms. The van der Waals surface area contributed by atoms with Crippen molar-refractivity contribution in [1.82, 2.24) is 0 Å². The van der Waals surface area contributed by atoms with Gasteiger partial charge in [0.15, 0.2) is 0 Å². The summed E-state index contributed by atoms with van der Waals surface area (Å²) < 4.78 is 12.8. The molecular weight excluding hydrogens is 452 g/mol. The van der Waals surface area contributed by atoms with Crippen LogP contribution >= 0.6 is 0 Å². The lowest BCUT2D eigenvalue weighted by atomic mass is 9.57. The van der Waals surface area contributed by atoms with E-state index in [-0.39, 0.29) is 5.41 Å². The topological polar surface area (TPSA) is 18.5 Å². The highest BCUT2D eigenvalue weighted by atomic mass is 16.5. The minimum absolute atomic E-state index is 0.192. The van der Waals surface area contributed by atoms with Crippen LogP contribution in [0.4, 0.5) is 0 Å². The number of hydrogen-bond acceptors (Lipinski definition) is 2. The highest BCUT2D eigenvalue weighted by Crippen LogP contribution is 2.61. The van der Waals surface area contributed by atoms with Crippen LogP contribution in [0.25, 0.3) is 5.57 Å². The maximum atomic E-state index is 6.65. The lowest BCUT2D eigenvalue weighted by molar-refractivity contribution is -0.0466. The van der Waals surface area contributed by atoms with E-state index in [1.807, 2.05) is 6.07 Å². The molecule has 2 nitrogen and oxygen atoms in total. The predicted octanol–water partition coefficient (Wildman–Crippen LogP) is 8.56. The highest BCUT2D eigenvalue weighted by Gasteiger charge is 2.54. The van der Waals surface area contributed by atoms with Gasteiger partial charge in [-0.3, -0.25) is 0 Å². The molecular formula is C35H38O2. The Morgan fingerprint density at radius 3 is 2.35 bits per heavy atom. The molecule has 2 heteroatoms. The van der Waals surface area contributed by atoms with E-state index in [1.165, 1.54) is 35.1 Å². The first-order valence-corrected chi connectivity index (χ1v) is 13.9. The number of rotatable bonds is 8. The Labute approximate surface area is 222 Å². The molecule has 3 aromatic rings. The van der Waals surface area contributed by atoms with Gasteiger partial charge in [-0.05, 0) is 90.3 Å². The SMILES string of the molecule is C=CCC1=C2c3ccc(OCc4ccccc4)cc3CC[C@H]2[C@@H]2CCC(OCc3ccccc3)[C@@]2(C)C1. The van der Waals surface area contributed by atoms with Gasteiger partial charge in [0.25, 0.3) is 0 Å². The number of ether oxygens (including phenoxy) is 2. The van der Waals surface area contributed by atoms with E-state index in [1.54, 1.807) is 11.1 Å². The molecule has 3 aromatic carbocycles. The van der Waals surface area contributed by atoms with Gasteiger partial charge in [-0.2, -0.15) is 0 Å². The maximum absolute atomic E-state index is 6.65. The molecule has 1 unspecified atom stereocenters. The van der Waals surface area contributed by atoms with Crippen LogP contribution < -0.4 is 4.74 Å². The van der Waals surface area contributed by atoms with Crippen molar-refractivity contribution in [3.63, 3.8) is 0 Å². The predicted molar refractivity (Wildman–Crippen MR) is 151 cm³/mol. The van der Waals surface area contributed by atoms with Crippen LogP contribution in [0.1, 0.15) is 61.3 Å². The zero-order valence-electron chi connectivity index (χ0n) is 22.0. The van der Waals surface area contributed by atoms with Crippen LogP contribution in [-0.4, -0.2) is 6.10 Å². The minimum atomic E-state index is 0.192. The van der Waals surface area contributed by atoms with Crippen molar-refractivity contribution in [1.29, 1.82) is 0 Å². The largest absolute Gasteiger partial charge is 0.489 e.